The Kier molecular flexibility index (Phi) is 4.57. The molecule has 2 heterocycles. The van der Waals surface area contributed by atoms with Crippen molar-refractivity contribution in [2.75, 3.05) is 12.6 Å². The summed E-state index contributed by atoms with van der Waals surface area (Å²) in [5.74, 6) is 0.653. The highest BCUT2D eigenvalue weighted by molar-refractivity contribution is 5.80. The topological polar surface area (TPSA) is 55.9 Å². The summed E-state index contributed by atoms with van der Waals surface area (Å²) in [4.78, 5) is 14.0. The molecule has 4 aromatic rings. The first-order valence-electron chi connectivity index (χ1n) is 8.45. The van der Waals surface area contributed by atoms with Gasteiger partial charge in [-0.05, 0) is 11.1 Å². The molecular formula is C20H20N5O+. The first-order valence-corrected chi connectivity index (χ1v) is 8.45. The van der Waals surface area contributed by atoms with Gasteiger partial charge in [-0.3, -0.25) is 9.40 Å². The number of nitrogens with one attached hydrogen (secondary N) is 1. The predicted molar refractivity (Wildman–Crippen MR) is 99.4 cm³/mol. The first-order chi connectivity index (χ1) is 12.8. The second kappa shape index (κ2) is 7.33. The quantitative estimate of drug-likeness (QED) is 0.431. The van der Waals surface area contributed by atoms with Crippen LogP contribution in [0, 0.1) is 0 Å². The van der Waals surface area contributed by atoms with E-state index in [1.165, 1.54) is 11.1 Å². The van der Waals surface area contributed by atoms with Gasteiger partial charge in [-0.2, -0.15) is 4.98 Å². The molecule has 6 heteroatoms. The van der Waals surface area contributed by atoms with E-state index in [2.05, 4.69) is 55.2 Å². The number of hydrogen-bond acceptors (Lipinski definition) is 4. The number of fused-ring (bicyclic) bond motifs is 1. The maximum absolute atomic E-state index is 5.11. The van der Waals surface area contributed by atoms with Crippen molar-refractivity contribution in [1.82, 2.24) is 14.5 Å². The largest absolute Gasteiger partial charge is 0.307 e. The Balaban J connectivity index is 1.81. The lowest BCUT2D eigenvalue weighted by atomic mass is 10.2. The summed E-state index contributed by atoms with van der Waals surface area (Å²) < 4.78 is 4.28. The monoisotopic (exact) mass is 346 g/mol. The Morgan fingerprint density at radius 2 is 1.65 bits per heavy atom. The van der Waals surface area contributed by atoms with Crippen molar-refractivity contribution in [2.24, 2.45) is 0 Å². The van der Waals surface area contributed by atoms with Crippen molar-refractivity contribution in [3.63, 3.8) is 0 Å². The Bertz CT molecular complexity index is 999. The van der Waals surface area contributed by atoms with Gasteiger partial charge in [-0.25, -0.2) is 10.0 Å². The molecule has 0 aliphatic carbocycles. The van der Waals surface area contributed by atoms with Gasteiger partial charge in [0.05, 0.1) is 20.2 Å². The van der Waals surface area contributed by atoms with Gasteiger partial charge >= 0.3 is 5.65 Å². The summed E-state index contributed by atoms with van der Waals surface area (Å²) in [6, 6.07) is 20.7. The summed E-state index contributed by atoms with van der Waals surface area (Å²) in [6.45, 7) is 1.47. The molecular weight excluding hydrogens is 326 g/mol. The van der Waals surface area contributed by atoms with E-state index in [1.54, 1.807) is 13.4 Å². The van der Waals surface area contributed by atoms with Crippen LogP contribution >= 0.6 is 0 Å². The van der Waals surface area contributed by atoms with Crippen LogP contribution in [0.5, 0.6) is 0 Å². The molecule has 0 spiro atoms. The molecule has 130 valence electrons. The van der Waals surface area contributed by atoms with E-state index in [0.29, 0.717) is 5.82 Å². The van der Waals surface area contributed by atoms with Crippen molar-refractivity contribution in [1.29, 1.82) is 0 Å². The van der Waals surface area contributed by atoms with Gasteiger partial charge in [0.2, 0.25) is 5.52 Å². The van der Waals surface area contributed by atoms with E-state index in [0.717, 1.165) is 24.3 Å². The van der Waals surface area contributed by atoms with E-state index in [4.69, 9.17) is 4.84 Å². The second-order valence-corrected chi connectivity index (χ2v) is 6.04. The molecule has 0 aliphatic heterocycles. The molecule has 0 bridgehead atoms. The lowest BCUT2D eigenvalue weighted by Crippen LogP contribution is -2.33. The van der Waals surface area contributed by atoms with Crippen LogP contribution in [-0.2, 0) is 17.9 Å². The summed E-state index contributed by atoms with van der Waals surface area (Å²) >= 11 is 0. The molecule has 0 saturated carbocycles. The molecule has 2 aromatic heterocycles. The van der Waals surface area contributed by atoms with Crippen LogP contribution in [0.25, 0.3) is 11.2 Å². The Morgan fingerprint density at radius 3 is 2.35 bits per heavy atom. The van der Waals surface area contributed by atoms with E-state index < -0.39 is 0 Å². The van der Waals surface area contributed by atoms with Crippen molar-refractivity contribution in [2.45, 2.75) is 13.1 Å². The molecule has 0 fully saturated rings. The van der Waals surface area contributed by atoms with Crippen LogP contribution in [-0.4, -0.2) is 21.6 Å². The molecule has 0 radical (unpaired) electrons. The molecule has 0 aliphatic rings. The van der Waals surface area contributed by atoms with Gasteiger partial charge in [0.15, 0.2) is 18.5 Å². The summed E-state index contributed by atoms with van der Waals surface area (Å²) in [6.07, 6.45) is 3.64. The third-order valence-electron chi connectivity index (χ3n) is 4.23. The zero-order valence-corrected chi connectivity index (χ0v) is 14.5. The smallest absolute Gasteiger partial charge is 0.278 e. The lowest BCUT2D eigenvalue weighted by molar-refractivity contribution is -0.665. The third-order valence-corrected chi connectivity index (χ3v) is 4.23. The van der Waals surface area contributed by atoms with Crippen LogP contribution < -0.4 is 10.0 Å². The first kappa shape index (κ1) is 16.2. The fourth-order valence-corrected chi connectivity index (χ4v) is 3.09. The molecule has 4 rings (SSSR count). The average Bonchev–Trinajstić information content (AvgIpc) is 3.02. The zero-order chi connectivity index (χ0) is 17.8. The number of hydrogen-bond donors (Lipinski definition) is 1. The fraction of sp³-hybridized carbons (Fsp3) is 0.150. The number of imidazole rings is 1. The van der Waals surface area contributed by atoms with Crippen LogP contribution in [0.15, 0.2) is 73.3 Å². The molecule has 0 amide bonds. The zero-order valence-electron chi connectivity index (χ0n) is 14.5. The Hall–Kier alpha value is -3.25. The van der Waals surface area contributed by atoms with Gasteiger partial charge in [0, 0.05) is 0 Å². The maximum Gasteiger partial charge on any atom is 0.307 e. The molecule has 0 unspecified atom stereocenters. The van der Waals surface area contributed by atoms with Gasteiger partial charge < -0.3 is 0 Å². The maximum atomic E-state index is 5.11. The standard InChI is InChI=1S/C20H20N5O/c1-26-23-19-18-20(22-14-21-19)25(13-17-10-6-3-7-11-17)15-24(18)12-16-8-4-2-5-9-16/h2-11,14-15H,12-13H2,1H3,(H,21,22,23)/q+1. The van der Waals surface area contributed by atoms with Crippen molar-refractivity contribution >= 4 is 17.0 Å². The minimum absolute atomic E-state index is 0.653. The number of anilines is 1. The Labute approximate surface area is 151 Å². The minimum Gasteiger partial charge on any atom is -0.278 e. The highest BCUT2D eigenvalue weighted by Crippen LogP contribution is 2.19. The molecule has 0 saturated heterocycles. The van der Waals surface area contributed by atoms with Crippen molar-refractivity contribution in [3.8, 4) is 0 Å². The molecule has 2 aromatic carbocycles. The number of rotatable bonds is 6. The van der Waals surface area contributed by atoms with Gasteiger partial charge in [-0.1, -0.05) is 65.6 Å². The summed E-state index contributed by atoms with van der Waals surface area (Å²) in [7, 11) is 1.58. The predicted octanol–water partition coefficient (Wildman–Crippen LogP) is 2.79. The van der Waals surface area contributed by atoms with E-state index in [9.17, 15) is 0 Å². The number of benzene rings is 2. The lowest BCUT2D eigenvalue weighted by Gasteiger charge is -2.03. The molecule has 0 atom stereocenters. The normalized spacial score (nSPS) is 11.0. The Morgan fingerprint density at radius 1 is 0.962 bits per heavy atom. The van der Waals surface area contributed by atoms with Crippen molar-refractivity contribution in [3.05, 3.63) is 84.4 Å². The number of aromatic nitrogens is 4. The molecule has 26 heavy (non-hydrogen) atoms. The van der Waals surface area contributed by atoms with Gasteiger partial charge in [-0.15, -0.1) is 0 Å². The van der Waals surface area contributed by atoms with Crippen LogP contribution in [0.4, 0.5) is 5.82 Å². The highest BCUT2D eigenvalue weighted by Gasteiger charge is 2.21. The average molecular weight is 346 g/mol. The van der Waals surface area contributed by atoms with Crippen LogP contribution in [0.3, 0.4) is 0 Å². The number of nitrogens with zero attached hydrogens (tertiary/aromatic N) is 4. The summed E-state index contributed by atoms with van der Waals surface area (Å²) in [5.41, 5.74) is 7.07. The van der Waals surface area contributed by atoms with Gasteiger partial charge in [0.25, 0.3) is 0 Å². The van der Waals surface area contributed by atoms with E-state index in [-0.39, 0.29) is 0 Å². The van der Waals surface area contributed by atoms with Gasteiger partial charge in [0.1, 0.15) is 0 Å². The van der Waals surface area contributed by atoms with E-state index >= 15 is 0 Å². The van der Waals surface area contributed by atoms with Crippen molar-refractivity contribution < 1.29 is 9.40 Å². The van der Waals surface area contributed by atoms with Crippen LogP contribution in [0.1, 0.15) is 11.1 Å². The van der Waals surface area contributed by atoms with E-state index in [1.807, 2.05) is 36.4 Å². The fourth-order valence-electron chi connectivity index (χ4n) is 3.09. The SMILES string of the molecule is CONc1ncnc2c1n(Cc1ccccc1)c[n+]2Cc1ccccc1. The highest BCUT2D eigenvalue weighted by atomic mass is 16.6. The van der Waals surface area contributed by atoms with Crippen LogP contribution in [0.2, 0.25) is 0 Å². The molecule has 6 nitrogen and oxygen atoms in total. The molecule has 1 N–H and O–H groups in total. The minimum atomic E-state index is 0.653. The second-order valence-electron chi connectivity index (χ2n) is 6.04. The third kappa shape index (κ3) is 3.27. The summed E-state index contributed by atoms with van der Waals surface area (Å²) in [5, 5.41) is 0.